The summed E-state index contributed by atoms with van der Waals surface area (Å²) in [6, 6.07) is 3.98. The van der Waals surface area contributed by atoms with Gasteiger partial charge >= 0.3 is 5.97 Å². The van der Waals surface area contributed by atoms with Gasteiger partial charge in [0.15, 0.2) is 6.10 Å². The van der Waals surface area contributed by atoms with Gasteiger partial charge in [-0.15, -0.1) is 0 Å². The van der Waals surface area contributed by atoms with E-state index in [0.717, 1.165) is 38.5 Å². The first-order valence-corrected chi connectivity index (χ1v) is 13.0. The van der Waals surface area contributed by atoms with Crippen molar-refractivity contribution >= 4 is 21.9 Å². The molecule has 178 valence electrons. The Bertz CT molecular complexity index is 905. The van der Waals surface area contributed by atoms with Crippen LogP contribution in [0.2, 0.25) is 0 Å². The van der Waals surface area contributed by atoms with E-state index in [1.165, 1.54) is 51.5 Å². The van der Waals surface area contributed by atoms with Gasteiger partial charge in [-0.2, -0.15) is 0 Å². The van der Waals surface area contributed by atoms with Gasteiger partial charge < -0.3 is 14.8 Å². The maximum atomic E-state index is 12.9. The molecule has 0 aliphatic heterocycles. The fourth-order valence-electron chi connectivity index (χ4n) is 4.40. The summed E-state index contributed by atoms with van der Waals surface area (Å²) in [7, 11) is -2.49. The topological polar surface area (TPSA) is 111 Å². The maximum Gasteiger partial charge on any atom is 0.338 e. The minimum absolute atomic E-state index is 0.0459. The van der Waals surface area contributed by atoms with Crippen molar-refractivity contribution in [1.82, 2.24) is 10.0 Å². The monoisotopic (exact) mass is 466 g/mol. The molecule has 0 heterocycles. The van der Waals surface area contributed by atoms with E-state index in [-0.39, 0.29) is 28.2 Å². The van der Waals surface area contributed by atoms with Crippen LogP contribution in [0.3, 0.4) is 0 Å². The largest absolute Gasteiger partial charge is 0.495 e. The molecule has 32 heavy (non-hydrogen) atoms. The second kappa shape index (κ2) is 11.1. The smallest absolute Gasteiger partial charge is 0.338 e. The summed E-state index contributed by atoms with van der Waals surface area (Å²) in [6.07, 6.45) is 8.38. The summed E-state index contributed by atoms with van der Waals surface area (Å²) in [4.78, 5) is 24.9. The van der Waals surface area contributed by atoms with Crippen LogP contribution >= 0.6 is 0 Å². The van der Waals surface area contributed by atoms with Crippen molar-refractivity contribution in [2.45, 2.75) is 81.8 Å². The van der Waals surface area contributed by atoms with Gasteiger partial charge in [0.25, 0.3) is 5.91 Å². The van der Waals surface area contributed by atoms with Crippen molar-refractivity contribution in [2.75, 3.05) is 13.7 Å². The van der Waals surface area contributed by atoms with Crippen LogP contribution in [0.15, 0.2) is 23.1 Å². The molecule has 0 spiro atoms. The fraction of sp³-hybridized carbons (Fsp3) is 0.652. The Labute approximate surface area is 190 Å². The summed E-state index contributed by atoms with van der Waals surface area (Å²) in [6.45, 7) is 2.09. The number of benzene rings is 1. The van der Waals surface area contributed by atoms with Crippen LogP contribution in [-0.4, -0.2) is 46.1 Å². The van der Waals surface area contributed by atoms with Gasteiger partial charge in [0.05, 0.1) is 12.7 Å². The lowest BCUT2D eigenvalue weighted by Gasteiger charge is -2.22. The van der Waals surface area contributed by atoms with Crippen LogP contribution in [0.1, 0.15) is 75.1 Å². The number of nitrogens with one attached hydrogen (secondary N) is 2. The molecular weight excluding hydrogens is 432 g/mol. The Morgan fingerprint density at radius 2 is 1.72 bits per heavy atom. The van der Waals surface area contributed by atoms with Gasteiger partial charge in [-0.3, -0.25) is 4.79 Å². The first-order chi connectivity index (χ1) is 15.3. The normalized spacial score (nSPS) is 18.8. The average Bonchev–Trinajstić information content (AvgIpc) is 3.29. The Hall–Kier alpha value is -2.13. The Balaban J connectivity index is 1.64. The van der Waals surface area contributed by atoms with Gasteiger partial charge in [0.1, 0.15) is 10.6 Å². The first-order valence-electron chi connectivity index (χ1n) is 11.5. The van der Waals surface area contributed by atoms with E-state index in [9.17, 15) is 18.0 Å². The van der Waals surface area contributed by atoms with Crippen molar-refractivity contribution in [2.24, 2.45) is 5.92 Å². The van der Waals surface area contributed by atoms with E-state index in [2.05, 4.69) is 10.0 Å². The molecule has 2 fully saturated rings. The molecule has 2 saturated carbocycles. The molecule has 0 aromatic heterocycles. The molecule has 1 aromatic rings. The standard InChI is InChI=1S/C23H34N2O6S/c1-16(22(26)24-15-17-8-4-3-5-9-17)31-23(27)18-12-13-20(30-2)21(14-18)32(28,29)25-19-10-6-7-11-19/h12-14,16-17,19,25H,3-11,15H2,1-2H3,(H,24,26). The van der Waals surface area contributed by atoms with E-state index in [4.69, 9.17) is 9.47 Å². The summed E-state index contributed by atoms with van der Waals surface area (Å²) in [5.41, 5.74) is 0.0459. The van der Waals surface area contributed by atoms with E-state index in [1.54, 1.807) is 0 Å². The van der Waals surface area contributed by atoms with Crippen LogP contribution in [0.4, 0.5) is 0 Å². The number of rotatable bonds is 9. The predicted octanol–water partition coefficient (Wildman–Crippen LogP) is 3.16. The van der Waals surface area contributed by atoms with Crippen molar-refractivity contribution in [1.29, 1.82) is 0 Å². The number of esters is 1. The van der Waals surface area contributed by atoms with Crippen molar-refractivity contribution < 1.29 is 27.5 Å². The third-order valence-electron chi connectivity index (χ3n) is 6.31. The van der Waals surface area contributed by atoms with Gasteiger partial charge in [-0.05, 0) is 56.7 Å². The van der Waals surface area contributed by atoms with Crippen LogP contribution < -0.4 is 14.8 Å². The molecular formula is C23H34N2O6S. The van der Waals surface area contributed by atoms with Crippen LogP contribution in [0.25, 0.3) is 0 Å². The second-order valence-electron chi connectivity index (χ2n) is 8.77. The molecule has 9 heteroatoms. The zero-order chi connectivity index (χ0) is 23.1. The quantitative estimate of drug-likeness (QED) is 0.541. The minimum atomic E-state index is -3.87. The lowest BCUT2D eigenvalue weighted by atomic mass is 9.89. The number of hydrogen-bond acceptors (Lipinski definition) is 6. The van der Waals surface area contributed by atoms with Crippen molar-refractivity contribution in [3.05, 3.63) is 23.8 Å². The number of amides is 1. The molecule has 0 radical (unpaired) electrons. The highest BCUT2D eigenvalue weighted by Crippen LogP contribution is 2.28. The summed E-state index contributed by atoms with van der Waals surface area (Å²) < 4.78 is 39.0. The predicted molar refractivity (Wildman–Crippen MR) is 120 cm³/mol. The first kappa shape index (κ1) is 24.5. The summed E-state index contributed by atoms with van der Waals surface area (Å²) in [5.74, 6) is -0.499. The number of hydrogen-bond donors (Lipinski definition) is 2. The minimum Gasteiger partial charge on any atom is -0.495 e. The Morgan fingerprint density at radius 3 is 2.38 bits per heavy atom. The van der Waals surface area contributed by atoms with E-state index in [0.29, 0.717) is 12.5 Å². The Morgan fingerprint density at radius 1 is 1.06 bits per heavy atom. The SMILES string of the molecule is COc1ccc(C(=O)OC(C)C(=O)NCC2CCCCC2)cc1S(=O)(=O)NC1CCCC1. The zero-order valence-electron chi connectivity index (χ0n) is 18.9. The molecule has 8 nitrogen and oxygen atoms in total. The number of sulfonamides is 1. The fourth-order valence-corrected chi connectivity index (χ4v) is 5.90. The summed E-state index contributed by atoms with van der Waals surface area (Å²) in [5, 5.41) is 2.86. The van der Waals surface area contributed by atoms with Gasteiger partial charge in [0.2, 0.25) is 10.0 Å². The molecule has 2 aliphatic carbocycles. The van der Waals surface area contributed by atoms with Gasteiger partial charge in [0, 0.05) is 12.6 Å². The third kappa shape index (κ3) is 6.45. The van der Waals surface area contributed by atoms with E-state index < -0.39 is 22.1 Å². The van der Waals surface area contributed by atoms with Crippen LogP contribution in [0, 0.1) is 5.92 Å². The number of carbonyl (C=O) groups excluding carboxylic acids is 2. The third-order valence-corrected chi connectivity index (χ3v) is 7.85. The molecule has 1 atom stereocenters. The van der Waals surface area contributed by atoms with E-state index in [1.807, 2.05) is 0 Å². The van der Waals surface area contributed by atoms with Crippen LogP contribution in [0.5, 0.6) is 5.75 Å². The van der Waals surface area contributed by atoms with Gasteiger partial charge in [-0.1, -0.05) is 32.1 Å². The van der Waals surface area contributed by atoms with E-state index >= 15 is 0 Å². The number of methoxy groups -OCH3 is 1. The molecule has 1 aromatic carbocycles. The highest BCUT2D eigenvalue weighted by Gasteiger charge is 2.28. The lowest BCUT2D eigenvalue weighted by Crippen LogP contribution is -2.38. The lowest BCUT2D eigenvalue weighted by molar-refractivity contribution is -0.129. The number of carbonyl (C=O) groups is 2. The second-order valence-corrected chi connectivity index (χ2v) is 10.4. The molecule has 0 bridgehead atoms. The van der Waals surface area contributed by atoms with Gasteiger partial charge in [-0.25, -0.2) is 17.9 Å². The average molecular weight is 467 g/mol. The van der Waals surface area contributed by atoms with Crippen LogP contribution in [-0.2, 0) is 19.6 Å². The number of ether oxygens (including phenoxy) is 2. The highest BCUT2D eigenvalue weighted by atomic mass is 32.2. The maximum absolute atomic E-state index is 12.9. The van der Waals surface area contributed by atoms with Crippen molar-refractivity contribution in [3.63, 3.8) is 0 Å². The Kier molecular flexibility index (Phi) is 8.53. The molecule has 2 aliphatic rings. The van der Waals surface area contributed by atoms with Crippen molar-refractivity contribution in [3.8, 4) is 5.75 Å². The highest BCUT2D eigenvalue weighted by molar-refractivity contribution is 7.89. The molecule has 1 amide bonds. The molecule has 3 rings (SSSR count). The summed E-state index contributed by atoms with van der Waals surface area (Å²) >= 11 is 0. The molecule has 2 N–H and O–H groups in total. The molecule has 0 saturated heterocycles. The molecule has 1 unspecified atom stereocenters. The zero-order valence-corrected chi connectivity index (χ0v) is 19.7.